The molecular weight excluding hydrogens is 270 g/mol. The molecule has 6 heteroatoms. The Balaban J connectivity index is 1.57. The summed E-state index contributed by atoms with van der Waals surface area (Å²) < 4.78 is 13.0. The normalized spacial score (nSPS) is 16.5. The average molecular weight is 287 g/mol. The first-order valence-corrected chi connectivity index (χ1v) is 6.95. The van der Waals surface area contributed by atoms with Crippen LogP contribution in [0.2, 0.25) is 0 Å². The van der Waals surface area contributed by atoms with Crippen LogP contribution < -0.4 is 14.8 Å². The van der Waals surface area contributed by atoms with Gasteiger partial charge >= 0.3 is 0 Å². The van der Waals surface area contributed by atoms with E-state index >= 15 is 0 Å². The number of amides is 1. The predicted molar refractivity (Wildman–Crippen MR) is 76.1 cm³/mol. The Bertz CT molecular complexity index is 639. The van der Waals surface area contributed by atoms with Gasteiger partial charge in [0, 0.05) is 12.7 Å². The maximum Gasteiger partial charge on any atom is 0.265 e. The van der Waals surface area contributed by atoms with Gasteiger partial charge in [-0.2, -0.15) is 5.10 Å². The molecule has 0 aliphatic carbocycles. The largest absolute Gasteiger partial charge is 0.485 e. The van der Waals surface area contributed by atoms with Gasteiger partial charge < -0.3 is 14.8 Å². The van der Waals surface area contributed by atoms with Gasteiger partial charge in [-0.1, -0.05) is 12.1 Å². The van der Waals surface area contributed by atoms with Gasteiger partial charge in [0.15, 0.2) is 11.5 Å². The lowest BCUT2D eigenvalue weighted by molar-refractivity contribution is -0.130. The van der Waals surface area contributed by atoms with Crippen molar-refractivity contribution in [2.75, 3.05) is 6.61 Å². The van der Waals surface area contributed by atoms with E-state index in [0.29, 0.717) is 18.0 Å². The molecule has 1 amide bonds. The molecule has 1 N–H and O–H groups in total. The van der Waals surface area contributed by atoms with E-state index in [2.05, 4.69) is 10.4 Å². The lowest BCUT2D eigenvalue weighted by Gasteiger charge is -2.25. The van der Waals surface area contributed by atoms with Gasteiger partial charge in [-0.3, -0.25) is 9.48 Å². The highest BCUT2D eigenvalue weighted by Gasteiger charge is 2.27. The van der Waals surface area contributed by atoms with E-state index in [9.17, 15) is 4.79 Å². The number of benzene rings is 1. The summed E-state index contributed by atoms with van der Waals surface area (Å²) >= 11 is 0. The first kappa shape index (κ1) is 13.5. The number of aromatic nitrogens is 2. The van der Waals surface area contributed by atoms with Gasteiger partial charge in [0.25, 0.3) is 5.91 Å². The van der Waals surface area contributed by atoms with Crippen LogP contribution in [-0.2, 0) is 17.9 Å². The Labute approximate surface area is 122 Å². The third-order valence-corrected chi connectivity index (χ3v) is 3.26. The quantitative estimate of drug-likeness (QED) is 0.922. The van der Waals surface area contributed by atoms with Crippen molar-refractivity contribution in [1.29, 1.82) is 0 Å². The van der Waals surface area contributed by atoms with Crippen molar-refractivity contribution in [3.05, 3.63) is 42.2 Å². The van der Waals surface area contributed by atoms with Gasteiger partial charge in [-0.15, -0.1) is 0 Å². The molecule has 0 fully saturated rings. The zero-order chi connectivity index (χ0) is 14.7. The second-order valence-corrected chi connectivity index (χ2v) is 4.74. The number of carbonyl (C=O) groups is 1. The van der Waals surface area contributed by atoms with E-state index in [0.717, 1.165) is 12.2 Å². The molecule has 1 unspecified atom stereocenters. The topological polar surface area (TPSA) is 65.4 Å². The summed E-state index contributed by atoms with van der Waals surface area (Å²) in [5, 5.41) is 7.13. The van der Waals surface area contributed by atoms with Crippen molar-refractivity contribution < 1.29 is 14.3 Å². The van der Waals surface area contributed by atoms with Crippen LogP contribution in [0.1, 0.15) is 12.6 Å². The van der Waals surface area contributed by atoms with Crippen LogP contribution >= 0.6 is 0 Å². The molecule has 2 heterocycles. The molecule has 6 nitrogen and oxygen atoms in total. The molecule has 1 aliphatic heterocycles. The highest BCUT2D eigenvalue weighted by atomic mass is 16.6. The van der Waals surface area contributed by atoms with Crippen molar-refractivity contribution in [3.8, 4) is 11.5 Å². The zero-order valence-electron chi connectivity index (χ0n) is 11.8. The molecule has 1 aliphatic rings. The highest BCUT2D eigenvalue weighted by Crippen LogP contribution is 2.30. The third kappa shape index (κ3) is 2.99. The number of hydrogen-bond acceptors (Lipinski definition) is 4. The molecule has 0 saturated heterocycles. The van der Waals surface area contributed by atoms with Crippen molar-refractivity contribution in [3.63, 3.8) is 0 Å². The number of aryl methyl sites for hydroxylation is 1. The smallest absolute Gasteiger partial charge is 0.265 e. The first-order chi connectivity index (χ1) is 10.3. The van der Waals surface area contributed by atoms with Crippen molar-refractivity contribution >= 4 is 5.91 Å². The summed E-state index contributed by atoms with van der Waals surface area (Å²) in [5.41, 5.74) is 0.822. The SMILES string of the molecule is CCn1ccc(CNC(=O)C2COc3ccccc3O2)n1. The van der Waals surface area contributed by atoms with Crippen LogP contribution in [-0.4, -0.2) is 28.4 Å². The van der Waals surface area contributed by atoms with Crippen LogP contribution in [0.4, 0.5) is 0 Å². The minimum Gasteiger partial charge on any atom is -0.485 e. The fraction of sp³-hybridized carbons (Fsp3) is 0.333. The Morgan fingerprint density at radius 3 is 2.95 bits per heavy atom. The molecule has 21 heavy (non-hydrogen) atoms. The number of ether oxygens (including phenoxy) is 2. The van der Waals surface area contributed by atoms with E-state index in [4.69, 9.17) is 9.47 Å². The van der Waals surface area contributed by atoms with E-state index in [1.807, 2.05) is 42.1 Å². The van der Waals surface area contributed by atoms with Gasteiger partial charge in [0.05, 0.1) is 12.2 Å². The first-order valence-electron chi connectivity index (χ1n) is 6.95. The number of carbonyl (C=O) groups excluding carboxylic acids is 1. The molecular formula is C15H17N3O3. The fourth-order valence-electron chi connectivity index (χ4n) is 2.11. The number of para-hydroxylation sites is 2. The van der Waals surface area contributed by atoms with E-state index in [1.54, 1.807) is 6.07 Å². The fourth-order valence-corrected chi connectivity index (χ4v) is 2.11. The van der Waals surface area contributed by atoms with Gasteiger partial charge in [0.2, 0.25) is 6.10 Å². The predicted octanol–water partition coefficient (Wildman–Crippen LogP) is 1.36. The Kier molecular flexibility index (Phi) is 3.77. The summed E-state index contributed by atoms with van der Waals surface area (Å²) in [7, 11) is 0. The number of fused-ring (bicyclic) bond motifs is 1. The minimum atomic E-state index is -0.631. The summed E-state index contributed by atoms with van der Waals surface area (Å²) in [6.07, 6.45) is 1.26. The second kappa shape index (κ2) is 5.87. The van der Waals surface area contributed by atoms with E-state index < -0.39 is 6.10 Å². The molecule has 3 rings (SSSR count). The van der Waals surface area contributed by atoms with Gasteiger partial charge in [-0.05, 0) is 25.1 Å². The Hall–Kier alpha value is -2.50. The van der Waals surface area contributed by atoms with E-state index in [1.165, 1.54) is 0 Å². The second-order valence-electron chi connectivity index (χ2n) is 4.74. The van der Waals surface area contributed by atoms with Gasteiger partial charge in [-0.25, -0.2) is 0 Å². The minimum absolute atomic E-state index is 0.199. The number of hydrogen-bond donors (Lipinski definition) is 1. The molecule has 0 bridgehead atoms. The standard InChI is InChI=1S/C15H17N3O3/c1-2-18-8-7-11(17-18)9-16-15(19)14-10-20-12-5-3-4-6-13(12)21-14/h3-8,14H,2,9-10H2,1H3,(H,16,19). The van der Waals surface area contributed by atoms with Crippen LogP contribution in [0.3, 0.4) is 0 Å². The molecule has 1 atom stereocenters. The highest BCUT2D eigenvalue weighted by molar-refractivity contribution is 5.81. The molecule has 1 aromatic carbocycles. The average Bonchev–Trinajstić information content (AvgIpc) is 3.00. The van der Waals surface area contributed by atoms with Crippen LogP contribution in [0.5, 0.6) is 11.5 Å². The molecule has 2 aromatic rings. The molecule has 0 radical (unpaired) electrons. The molecule has 0 saturated carbocycles. The van der Waals surface area contributed by atoms with Crippen molar-refractivity contribution in [2.24, 2.45) is 0 Å². The monoisotopic (exact) mass is 287 g/mol. The number of nitrogens with zero attached hydrogens (tertiary/aromatic N) is 2. The maximum atomic E-state index is 12.1. The molecule has 0 spiro atoms. The zero-order valence-corrected chi connectivity index (χ0v) is 11.8. The summed E-state index contributed by atoms with van der Waals surface area (Å²) in [6.45, 7) is 3.42. The van der Waals surface area contributed by atoms with E-state index in [-0.39, 0.29) is 12.5 Å². The lowest BCUT2D eigenvalue weighted by atomic mass is 10.2. The summed E-state index contributed by atoms with van der Waals surface area (Å²) in [5.74, 6) is 1.07. The summed E-state index contributed by atoms with van der Waals surface area (Å²) in [6, 6.07) is 9.21. The van der Waals surface area contributed by atoms with Crippen molar-refractivity contribution in [1.82, 2.24) is 15.1 Å². The maximum absolute atomic E-state index is 12.1. The molecule has 110 valence electrons. The summed E-state index contributed by atoms with van der Waals surface area (Å²) in [4.78, 5) is 12.1. The van der Waals surface area contributed by atoms with Crippen LogP contribution in [0, 0.1) is 0 Å². The van der Waals surface area contributed by atoms with Gasteiger partial charge in [0.1, 0.15) is 6.61 Å². The number of nitrogens with one attached hydrogen (secondary N) is 1. The lowest BCUT2D eigenvalue weighted by Crippen LogP contribution is -2.43. The third-order valence-electron chi connectivity index (χ3n) is 3.26. The van der Waals surface area contributed by atoms with Crippen LogP contribution in [0.15, 0.2) is 36.5 Å². The van der Waals surface area contributed by atoms with Crippen molar-refractivity contribution in [2.45, 2.75) is 26.1 Å². The molecule has 1 aromatic heterocycles. The number of rotatable bonds is 4. The van der Waals surface area contributed by atoms with Crippen LogP contribution in [0.25, 0.3) is 0 Å². The Morgan fingerprint density at radius 2 is 2.19 bits per heavy atom. The Morgan fingerprint density at radius 1 is 1.38 bits per heavy atom.